The van der Waals surface area contributed by atoms with Gasteiger partial charge in [0, 0.05) is 24.0 Å². The number of rotatable bonds is 6. The van der Waals surface area contributed by atoms with Crippen LogP contribution in [0.1, 0.15) is 26.5 Å². The monoisotopic (exact) mass is 286 g/mol. The van der Waals surface area contributed by atoms with Crippen LogP contribution in [0.25, 0.3) is 0 Å². The normalized spacial score (nSPS) is 10.5. The van der Waals surface area contributed by atoms with Crippen LogP contribution in [0.15, 0.2) is 30.3 Å². The van der Waals surface area contributed by atoms with Crippen molar-refractivity contribution in [3.8, 4) is 5.75 Å². The zero-order chi connectivity index (χ0) is 15.2. The summed E-state index contributed by atoms with van der Waals surface area (Å²) in [6.45, 7) is 8.79. The van der Waals surface area contributed by atoms with Gasteiger partial charge in [-0.15, -0.1) is 0 Å². The Hall–Kier alpha value is -2.30. The van der Waals surface area contributed by atoms with Crippen molar-refractivity contribution in [1.82, 2.24) is 9.97 Å². The van der Waals surface area contributed by atoms with Gasteiger partial charge in [0.05, 0.1) is 6.10 Å². The van der Waals surface area contributed by atoms with Crippen LogP contribution in [0.5, 0.6) is 5.75 Å². The van der Waals surface area contributed by atoms with Crippen molar-refractivity contribution in [1.29, 1.82) is 0 Å². The molecule has 0 fully saturated rings. The average Bonchev–Trinajstić information content (AvgIpc) is 2.40. The van der Waals surface area contributed by atoms with Gasteiger partial charge < -0.3 is 15.4 Å². The molecule has 2 aromatic rings. The van der Waals surface area contributed by atoms with Crippen LogP contribution < -0.4 is 15.4 Å². The molecule has 0 aliphatic heterocycles. The molecule has 1 heterocycles. The van der Waals surface area contributed by atoms with Crippen LogP contribution in [-0.2, 0) is 0 Å². The largest absolute Gasteiger partial charge is 0.491 e. The third-order valence-corrected chi connectivity index (χ3v) is 2.69. The highest BCUT2D eigenvalue weighted by atomic mass is 16.5. The summed E-state index contributed by atoms with van der Waals surface area (Å²) in [4.78, 5) is 8.75. The van der Waals surface area contributed by atoms with Crippen LogP contribution in [0, 0.1) is 6.92 Å². The number of ether oxygens (including phenoxy) is 1. The lowest BCUT2D eigenvalue weighted by atomic mass is 10.3. The van der Waals surface area contributed by atoms with Crippen molar-refractivity contribution in [2.75, 3.05) is 17.2 Å². The van der Waals surface area contributed by atoms with E-state index in [4.69, 9.17) is 4.74 Å². The minimum Gasteiger partial charge on any atom is -0.491 e. The molecule has 0 unspecified atom stereocenters. The first-order valence-electron chi connectivity index (χ1n) is 7.20. The molecule has 0 radical (unpaired) electrons. The number of benzene rings is 1. The zero-order valence-electron chi connectivity index (χ0n) is 13.0. The molecule has 0 saturated heterocycles. The third-order valence-electron chi connectivity index (χ3n) is 2.69. The summed E-state index contributed by atoms with van der Waals surface area (Å²) in [6, 6.07) is 9.76. The summed E-state index contributed by atoms with van der Waals surface area (Å²) in [5, 5.41) is 6.40. The Balaban J connectivity index is 2.10. The van der Waals surface area contributed by atoms with Crippen LogP contribution in [0.4, 0.5) is 17.5 Å². The fourth-order valence-corrected chi connectivity index (χ4v) is 1.91. The average molecular weight is 286 g/mol. The molecule has 0 saturated carbocycles. The third kappa shape index (κ3) is 4.63. The molecule has 0 aliphatic carbocycles. The molecule has 1 aromatic heterocycles. The van der Waals surface area contributed by atoms with Gasteiger partial charge in [0.15, 0.2) is 0 Å². The lowest BCUT2D eigenvalue weighted by Crippen LogP contribution is -2.06. The van der Waals surface area contributed by atoms with Crippen LogP contribution in [-0.4, -0.2) is 22.6 Å². The summed E-state index contributed by atoms with van der Waals surface area (Å²) >= 11 is 0. The summed E-state index contributed by atoms with van der Waals surface area (Å²) in [7, 11) is 0. The van der Waals surface area contributed by atoms with Crippen LogP contribution >= 0.6 is 0 Å². The van der Waals surface area contributed by atoms with Gasteiger partial charge in [0.1, 0.15) is 11.6 Å². The number of aromatic nitrogens is 2. The Morgan fingerprint density at radius 3 is 2.48 bits per heavy atom. The van der Waals surface area contributed by atoms with Crippen molar-refractivity contribution >= 4 is 17.5 Å². The topological polar surface area (TPSA) is 59.1 Å². The van der Waals surface area contributed by atoms with E-state index in [0.29, 0.717) is 5.95 Å². The van der Waals surface area contributed by atoms with E-state index in [-0.39, 0.29) is 6.10 Å². The van der Waals surface area contributed by atoms with Crippen molar-refractivity contribution in [3.63, 3.8) is 0 Å². The van der Waals surface area contributed by atoms with E-state index in [2.05, 4.69) is 20.6 Å². The van der Waals surface area contributed by atoms with Gasteiger partial charge in [0.25, 0.3) is 0 Å². The molecular formula is C16H22N4O. The van der Waals surface area contributed by atoms with Crippen molar-refractivity contribution < 1.29 is 4.74 Å². The van der Waals surface area contributed by atoms with Gasteiger partial charge in [-0.3, -0.25) is 0 Å². The number of aryl methyl sites for hydroxylation is 1. The molecule has 0 bridgehead atoms. The fourth-order valence-electron chi connectivity index (χ4n) is 1.91. The highest BCUT2D eigenvalue weighted by Gasteiger charge is 2.03. The van der Waals surface area contributed by atoms with Crippen molar-refractivity contribution in [3.05, 3.63) is 36.0 Å². The van der Waals surface area contributed by atoms with Gasteiger partial charge in [-0.2, -0.15) is 4.98 Å². The summed E-state index contributed by atoms with van der Waals surface area (Å²) < 4.78 is 5.63. The molecule has 5 heteroatoms. The molecular weight excluding hydrogens is 264 g/mol. The first kappa shape index (κ1) is 15.1. The predicted octanol–water partition coefficient (Wildman–Crippen LogP) is 3.75. The maximum absolute atomic E-state index is 5.63. The summed E-state index contributed by atoms with van der Waals surface area (Å²) in [6.07, 6.45) is 0.177. The predicted molar refractivity (Wildman–Crippen MR) is 86.4 cm³/mol. The van der Waals surface area contributed by atoms with E-state index in [1.165, 1.54) is 0 Å². The summed E-state index contributed by atoms with van der Waals surface area (Å²) in [5.74, 6) is 2.28. The van der Waals surface area contributed by atoms with E-state index in [0.717, 1.165) is 29.5 Å². The number of anilines is 3. The molecule has 1 aromatic carbocycles. The number of hydrogen-bond donors (Lipinski definition) is 2. The lowest BCUT2D eigenvalue weighted by molar-refractivity contribution is 0.242. The van der Waals surface area contributed by atoms with Crippen molar-refractivity contribution in [2.45, 2.75) is 33.8 Å². The van der Waals surface area contributed by atoms with Gasteiger partial charge >= 0.3 is 0 Å². The molecule has 0 atom stereocenters. The SMILES string of the molecule is CCNc1nc(C)cc(Nc2ccc(OC(C)C)cc2)n1. The molecule has 0 spiro atoms. The Labute approximate surface area is 125 Å². The molecule has 0 amide bonds. The molecule has 2 N–H and O–H groups in total. The molecule has 112 valence electrons. The second-order valence-electron chi connectivity index (χ2n) is 5.06. The highest BCUT2D eigenvalue weighted by molar-refractivity contribution is 5.58. The molecule has 5 nitrogen and oxygen atoms in total. The first-order valence-corrected chi connectivity index (χ1v) is 7.20. The Kier molecular flexibility index (Phi) is 4.98. The maximum Gasteiger partial charge on any atom is 0.224 e. The Morgan fingerprint density at radius 2 is 1.86 bits per heavy atom. The quantitative estimate of drug-likeness (QED) is 0.847. The standard InChI is InChI=1S/C16H22N4O/c1-5-17-16-18-12(4)10-15(20-16)19-13-6-8-14(9-7-13)21-11(2)3/h6-11H,5H2,1-4H3,(H2,17,18,19,20). The van der Waals surface area contributed by atoms with Crippen LogP contribution in [0.3, 0.4) is 0 Å². The first-order chi connectivity index (χ1) is 10.1. The number of nitrogens with zero attached hydrogens (tertiary/aromatic N) is 2. The van der Waals surface area contributed by atoms with E-state index in [9.17, 15) is 0 Å². The van der Waals surface area contributed by atoms with Gasteiger partial charge in [0.2, 0.25) is 5.95 Å². The van der Waals surface area contributed by atoms with E-state index < -0.39 is 0 Å². The van der Waals surface area contributed by atoms with Gasteiger partial charge in [-0.05, 0) is 52.0 Å². The fraction of sp³-hybridized carbons (Fsp3) is 0.375. The Bertz CT molecular complexity index is 581. The van der Waals surface area contributed by atoms with Gasteiger partial charge in [-0.1, -0.05) is 0 Å². The molecule has 21 heavy (non-hydrogen) atoms. The Morgan fingerprint density at radius 1 is 1.14 bits per heavy atom. The summed E-state index contributed by atoms with van der Waals surface area (Å²) in [5.41, 5.74) is 1.88. The van der Waals surface area contributed by atoms with E-state index in [1.54, 1.807) is 0 Å². The highest BCUT2D eigenvalue weighted by Crippen LogP contribution is 2.20. The number of hydrogen-bond acceptors (Lipinski definition) is 5. The number of nitrogens with one attached hydrogen (secondary N) is 2. The zero-order valence-corrected chi connectivity index (χ0v) is 13.0. The van der Waals surface area contributed by atoms with E-state index >= 15 is 0 Å². The minimum atomic E-state index is 0.177. The van der Waals surface area contributed by atoms with Gasteiger partial charge in [-0.25, -0.2) is 4.98 Å². The van der Waals surface area contributed by atoms with Crippen molar-refractivity contribution in [2.24, 2.45) is 0 Å². The van der Waals surface area contributed by atoms with Crippen LogP contribution in [0.2, 0.25) is 0 Å². The maximum atomic E-state index is 5.63. The smallest absolute Gasteiger partial charge is 0.224 e. The second kappa shape index (κ2) is 6.92. The molecule has 2 rings (SSSR count). The molecule has 0 aliphatic rings. The minimum absolute atomic E-state index is 0.177. The van der Waals surface area contributed by atoms with E-state index in [1.807, 2.05) is 58.0 Å². The second-order valence-corrected chi connectivity index (χ2v) is 5.06. The lowest BCUT2D eigenvalue weighted by Gasteiger charge is -2.11.